The third kappa shape index (κ3) is 12.0. The second-order valence-corrected chi connectivity index (χ2v) is 6.29. The largest absolute Gasteiger partial charge is 0.479 e. The summed E-state index contributed by atoms with van der Waals surface area (Å²) in [6.45, 7) is 1.89. The van der Waals surface area contributed by atoms with Crippen molar-refractivity contribution in [3.8, 4) is 0 Å². The summed E-state index contributed by atoms with van der Waals surface area (Å²) in [5, 5.41) is 11.1. The van der Waals surface area contributed by atoms with Crippen molar-refractivity contribution in [1.29, 1.82) is 0 Å². The van der Waals surface area contributed by atoms with Crippen LogP contribution in [-0.4, -0.2) is 35.4 Å². The predicted octanol–water partition coefficient (Wildman–Crippen LogP) is 2.78. The molecule has 24 heavy (non-hydrogen) atoms. The molecule has 0 fully saturated rings. The Hall–Kier alpha value is -1.43. The van der Waals surface area contributed by atoms with E-state index >= 15 is 0 Å². The fourth-order valence-electron chi connectivity index (χ4n) is 2.61. The Morgan fingerprint density at radius 3 is 1.75 bits per heavy atom. The van der Waals surface area contributed by atoms with Crippen molar-refractivity contribution in [3.05, 3.63) is 0 Å². The molecular formula is C18H34N2O4. The number of nitrogens with two attached hydrogens (primary N) is 1. The first-order chi connectivity index (χ1) is 11.5. The first kappa shape index (κ1) is 22.6. The van der Waals surface area contributed by atoms with Crippen LogP contribution in [0.4, 0.5) is 0 Å². The van der Waals surface area contributed by atoms with Gasteiger partial charge in [0.15, 0.2) is 11.8 Å². The molecule has 1 atom stereocenters. The Bertz CT molecular complexity index is 372. The van der Waals surface area contributed by atoms with Gasteiger partial charge in [0.05, 0.1) is 6.54 Å². The lowest BCUT2D eigenvalue weighted by Gasteiger charge is -2.12. The van der Waals surface area contributed by atoms with E-state index in [-0.39, 0.29) is 13.0 Å². The fourth-order valence-corrected chi connectivity index (χ4v) is 2.61. The second kappa shape index (κ2) is 15.1. The van der Waals surface area contributed by atoms with Crippen molar-refractivity contribution in [3.63, 3.8) is 0 Å². The van der Waals surface area contributed by atoms with Crippen molar-refractivity contribution >= 4 is 17.7 Å². The maximum absolute atomic E-state index is 11.9. The van der Waals surface area contributed by atoms with Crippen LogP contribution >= 0.6 is 0 Å². The lowest BCUT2D eigenvalue weighted by Crippen LogP contribution is -2.48. The molecular weight excluding hydrogens is 308 g/mol. The Morgan fingerprint density at radius 2 is 1.33 bits per heavy atom. The SMILES string of the molecule is CCCCCCCCCCCCCC(=O)C(NC(=O)CN)C(=O)O. The van der Waals surface area contributed by atoms with Gasteiger partial charge in [0.25, 0.3) is 0 Å². The number of amides is 1. The summed E-state index contributed by atoms with van der Waals surface area (Å²) in [5.41, 5.74) is 5.12. The Balaban J connectivity index is 3.66. The van der Waals surface area contributed by atoms with E-state index in [1.54, 1.807) is 0 Å². The number of ketones is 1. The van der Waals surface area contributed by atoms with Crippen molar-refractivity contribution < 1.29 is 19.5 Å². The van der Waals surface area contributed by atoms with Gasteiger partial charge < -0.3 is 16.2 Å². The van der Waals surface area contributed by atoms with Crippen molar-refractivity contribution in [2.75, 3.05) is 6.54 Å². The normalized spacial score (nSPS) is 11.9. The van der Waals surface area contributed by atoms with E-state index < -0.39 is 23.7 Å². The smallest absolute Gasteiger partial charge is 0.334 e. The summed E-state index contributed by atoms with van der Waals surface area (Å²) < 4.78 is 0. The molecule has 0 saturated carbocycles. The van der Waals surface area contributed by atoms with E-state index in [9.17, 15) is 14.4 Å². The zero-order valence-corrected chi connectivity index (χ0v) is 15.0. The minimum absolute atomic E-state index is 0.179. The van der Waals surface area contributed by atoms with Crippen LogP contribution in [0.5, 0.6) is 0 Å². The van der Waals surface area contributed by atoms with Gasteiger partial charge in [-0.3, -0.25) is 9.59 Å². The van der Waals surface area contributed by atoms with E-state index in [1.165, 1.54) is 44.9 Å². The number of rotatable bonds is 16. The fraction of sp³-hybridized carbons (Fsp3) is 0.833. The van der Waals surface area contributed by atoms with Gasteiger partial charge in [-0.15, -0.1) is 0 Å². The zero-order valence-electron chi connectivity index (χ0n) is 15.0. The predicted molar refractivity (Wildman–Crippen MR) is 94.7 cm³/mol. The van der Waals surface area contributed by atoms with Crippen LogP contribution in [0.3, 0.4) is 0 Å². The third-order valence-electron chi connectivity index (χ3n) is 4.09. The van der Waals surface area contributed by atoms with Crippen LogP contribution in [0.1, 0.15) is 84.0 Å². The molecule has 140 valence electrons. The molecule has 0 saturated heterocycles. The highest BCUT2D eigenvalue weighted by Gasteiger charge is 2.26. The van der Waals surface area contributed by atoms with E-state index in [0.717, 1.165) is 19.3 Å². The molecule has 0 aliphatic carbocycles. The molecule has 0 heterocycles. The number of Topliss-reactive ketones (excluding diaryl/α,β-unsaturated/α-hetero) is 1. The van der Waals surface area contributed by atoms with Crippen LogP contribution in [0.15, 0.2) is 0 Å². The average molecular weight is 342 g/mol. The highest BCUT2D eigenvalue weighted by Crippen LogP contribution is 2.12. The summed E-state index contributed by atoms with van der Waals surface area (Å²) >= 11 is 0. The average Bonchev–Trinajstić information content (AvgIpc) is 2.56. The van der Waals surface area contributed by atoms with Crippen molar-refractivity contribution in [2.24, 2.45) is 5.73 Å². The molecule has 4 N–H and O–H groups in total. The van der Waals surface area contributed by atoms with Crippen LogP contribution in [-0.2, 0) is 14.4 Å². The minimum atomic E-state index is -1.47. The molecule has 0 spiro atoms. The molecule has 0 aliphatic rings. The van der Waals surface area contributed by atoms with Gasteiger partial charge in [-0.2, -0.15) is 0 Å². The molecule has 0 aliphatic heterocycles. The number of carboxylic acid groups (broad SMARTS) is 1. The number of hydrogen-bond donors (Lipinski definition) is 3. The molecule has 1 unspecified atom stereocenters. The molecule has 6 heteroatoms. The Kier molecular flexibility index (Phi) is 14.2. The van der Waals surface area contributed by atoms with Crippen LogP contribution < -0.4 is 11.1 Å². The summed E-state index contributed by atoms with van der Waals surface area (Å²) in [4.78, 5) is 34.0. The van der Waals surface area contributed by atoms with Gasteiger partial charge >= 0.3 is 5.97 Å². The standard InChI is InChI=1S/C18H34N2O4/c1-2-3-4-5-6-7-8-9-10-11-12-13-15(21)17(18(23)24)20-16(22)14-19/h17H,2-14,19H2,1H3,(H,20,22)(H,23,24). The Labute approximate surface area is 145 Å². The molecule has 1 amide bonds. The van der Waals surface area contributed by atoms with Crippen LogP contribution in [0.25, 0.3) is 0 Å². The number of carbonyl (C=O) groups is 3. The van der Waals surface area contributed by atoms with Gasteiger partial charge in [-0.1, -0.05) is 71.1 Å². The number of hydrogen-bond acceptors (Lipinski definition) is 4. The highest BCUT2D eigenvalue weighted by atomic mass is 16.4. The van der Waals surface area contributed by atoms with Gasteiger partial charge in [0, 0.05) is 6.42 Å². The summed E-state index contributed by atoms with van der Waals surface area (Å²) in [7, 11) is 0. The molecule has 0 bridgehead atoms. The third-order valence-corrected chi connectivity index (χ3v) is 4.09. The molecule has 0 aromatic carbocycles. The first-order valence-electron chi connectivity index (χ1n) is 9.27. The maximum Gasteiger partial charge on any atom is 0.334 e. The van der Waals surface area contributed by atoms with Gasteiger partial charge in [-0.05, 0) is 6.42 Å². The van der Waals surface area contributed by atoms with Gasteiger partial charge in [-0.25, -0.2) is 4.79 Å². The first-order valence-corrected chi connectivity index (χ1v) is 9.27. The highest BCUT2D eigenvalue weighted by molar-refractivity contribution is 6.05. The van der Waals surface area contributed by atoms with Gasteiger partial charge in [0.2, 0.25) is 5.91 Å². The second-order valence-electron chi connectivity index (χ2n) is 6.29. The van der Waals surface area contributed by atoms with Crippen molar-refractivity contribution in [2.45, 2.75) is 90.0 Å². The molecule has 6 nitrogen and oxygen atoms in total. The quantitative estimate of drug-likeness (QED) is 0.295. The number of unbranched alkanes of at least 4 members (excludes halogenated alkanes) is 10. The Morgan fingerprint density at radius 1 is 0.875 bits per heavy atom. The van der Waals surface area contributed by atoms with E-state index in [1.807, 2.05) is 0 Å². The lowest BCUT2D eigenvalue weighted by molar-refractivity contribution is -0.145. The number of carboxylic acids is 1. The molecule has 0 aromatic rings. The van der Waals surface area contributed by atoms with E-state index in [2.05, 4.69) is 12.2 Å². The minimum Gasteiger partial charge on any atom is -0.479 e. The van der Waals surface area contributed by atoms with Crippen LogP contribution in [0.2, 0.25) is 0 Å². The lowest BCUT2D eigenvalue weighted by atomic mass is 10.0. The van der Waals surface area contributed by atoms with Crippen molar-refractivity contribution in [1.82, 2.24) is 5.32 Å². The molecule has 0 rings (SSSR count). The number of carbonyl (C=O) groups excluding carboxylic acids is 2. The monoisotopic (exact) mass is 342 g/mol. The maximum atomic E-state index is 11.9. The topological polar surface area (TPSA) is 109 Å². The summed E-state index contributed by atoms with van der Waals surface area (Å²) in [6.07, 6.45) is 13.1. The summed E-state index contributed by atoms with van der Waals surface area (Å²) in [6, 6.07) is -1.47. The molecule has 0 aromatic heterocycles. The van der Waals surface area contributed by atoms with Gasteiger partial charge in [0.1, 0.15) is 0 Å². The van der Waals surface area contributed by atoms with Crippen LogP contribution in [0, 0.1) is 0 Å². The van der Waals surface area contributed by atoms with E-state index in [0.29, 0.717) is 6.42 Å². The van der Waals surface area contributed by atoms with E-state index in [4.69, 9.17) is 10.8 Å². The number of aliphatic carboxylic acids is 1. The molecule has 0 radical (unpaired) electrons. The zero-order chi connectivity index (χ0) is 18.2. The number of nitrogens with one attached hydrogen (secondary N) is 1. The summed E-state index contributed by atoms with van der Waals surface area (Å²) in [5.74, 6) is -2.42.